The van der Waals surface area contributed by atoms with E-state index >= 15 is 0 Å². The van der Waals surface area contributed by atoms with Crippen molar-refractivity contribution >= 4 is 0 Å². The van der Waals surface area contributed by atoms with E-state index in [9.17, 15) is 0 Å². The third-order valence-corrected chi connectivity index (χ3v) is 2.96. The second-order valence-electron chi connectivity index (χ2n) is 3.85. The standard InChI is InChI=1S/C11H17N/c1-10-6-5-9-12(10)11-7-3-2-4-8-11/h5-6,9,11H,2-4,7-8H2,1H3. The van der Waals surface area contributed by atoms with Gasteiger partial charge in [-0.15, -0.1) is 0 Å². The van der Waals surface area contributed by atoms with Crippen LogP contribution < -0.4 is 0 Å². The first kappa shape index (κ1) is 7.90. The van der Waals surface area contributed by atoms with E-state index in [1.165, 1.54) is 37.8 Å². The van der Waals surface area contributed by atoms with E-state index in [1.54, 1.807) is 0 Å². The summed E-state index contributed by atoms with van der Waals surface area (Å²) < 4.78 is 2.44. The number of aromatic nitrogens is 1. The van der Waals surface area contributed by atoms with Gasteiger partial charge in [-0.1, -0.05) is 19.3 Å². The summed E-state index contributed by atoms with van der Waals surface area (Å²) >= 11 is 0. The Bertz CT molecular complexity index is 243. The Balaban J connectivity index is 2.13. The molecule has 0 radical (unpaired) electrons. The van der Waals surface area contributed by atoms with Crippen LogP contribution in [-0.4, -0.2) is 4.57 Å². The molecule has 1 aliphatic rings. The third kappa shape index (κ3) is 1.40. The summed E-state index contributed by atoms with van der Waals surface area (Å²) in [5.74, 6) is 0. The summed E-state index contributed by atoms with van der Waals surface area (Å²) in [6.07, 6.45) is 9.28. The molecule has 1 aromatic rings. The zero-order valence-corrected chi connectivity index (χ0v) is 7.79. The maximum atomic E-state index is 2.44. The molecule has 0 spiro atoms. The average molecular weight is 163 g/mol. The number of rotatable bonds is 1. The molecule has 1 heteroatoms. The van der Waals surface area contributed by atoms with E-state index in [0.717, 1.165) is 6.04 Å². The Hall–Kier alpha value is -0.720. The summed E-state index contributed by atoms with van der Waals surface area (Å²) in [4.78, 5) is 0. The van der Waals surface area contributed by atoms with Gasteiger partial charge in [0.05, 0.1) is 0 Å². The van der Waals surface area contributed by atoms with Crippen molar-refractivity contribution < 1.29 is 0 Å². The van der Waals surface area contributed by atoms with Crippen LogP contribution in [-0.2, 0) is 0 Å². The minimum absolute atomic E-state index is 0.800. The van der Waals surface area contributed by atoms with E-state index in [-0.39, 0.29) is 0 Å². The fourth-order valence-corrected chi connectivity index (χ4v) is 2.25. The van der Waals surface area contributed by atoms with Crippen LogP contribution in [0.25, 0.3) is 0 Å². The van der Waals surface area contributed by atoms with Gasteiger partial charge in [-0.2, -0.15) is 0 Å². The van der Waals surface area contributed by atoms with E-state index in [2.05, 4.69) is 29.8 Å². The van der Waals surface area contributed by atoms with Crippen LogP contribution >= 0.6 is 0 Å². The topological polar surface area (TPSA) is 4.93 Å². The summed E-state index contributed by atoms with van der Waals surface area (Å²) in [5.41, 5.74) is 1.42. The van der Waals surface area contributed by atoms with E-state index in [4.69, 9.17) is 0 Å². The molecule has 1 fully saturated rings. The second kappa shape index (κ2) is 3.34. The molecule has 1 heterocycles. The number of nitrogens with zero attached hydrogens (tertiary/aromatic N) is 1. The lowest BCUT2D eigenvalue weighted by Gasteiger charge is -2.24. The normalized spacial score (nSPS) is 19.8. The molecule has 0 aliphatic heterocycles. The van der Waals surface area contributed by atoms with Crippen LogP contribution in [0.15, 0.2) is 18.3 Å². The minimum atomic E-state index is 0.800. The average Bonchev–Trinajstić information content (AvgIpc) is 2.53. The first-order valence-electron chi connectivity index (χ1n) is 5.01. The molecule has 0 N–H and O–H groups in total. The monoisotopic (exact) mass is 163 g/mol. The van der Waals surface area contributed by atoms with Gasteiger partial charge in [0, 0.05) is 17.9 Å². The Kier molecular flexibility index (Phi) is 2.20. The van der Waals surface area contributed by atoms with E-state index in [0.29, 0.717) is 0 Å². The highest BCUT2D eigenvalue weighted by molar-refractivity contribution is 5.06. The summed E-state index contributed by atoms with van der Waals surface area (Å²) in [5, 5.41) is 0. The van der Waals surface area contributed by atoms with Gasteiger partial charge < -0.3 is 4.57 Å². The zero-order chi connectivity index (χ0) is 8.39. The van der Waals surface area contributed by atoms with Gasteiger partial charge in [-0.3, -0.25) is 0 Å². The largest absolute Gasteiger partial charge is 0.349 e. The third-order valence-electron chi connectivity index (χ3n) is 2.96. The highest BCUT2D eigenvalue weighted by Gasteiger charge is 2.14. The molecule has 0 atom stereocenters. The van der Waals surface area contributed by atoms with Crippen LogP contribution in [0.4, 0.5) is 0 Å². The van der Waals surface area contributed by atoms with Gasteiger partial charge in [0.2, 0.25) is 0 Å². The van der Waals surface area contributed by atoms with Gasteiger partial charge >= 0.3 is 0 Å². The first-order valence-corrected chi connectivity index (χ1v) is 5.01. The Morgan fingerprint density at radius 2 is 2.00 bits per heavy atom. The quantitative estimate of drug-likeness (QED) is 0.598. The van der Waals surface area contributed by atoms with Gasteiger partial charge in [-0.25, -0.2) is 0 Å². The molecule has 0 amide bonds. The van der Waals surface area contributed by atoms with Crippen molar-refractivity contribution in [3.8, 4) is 0 Å². The molecule has 0 saturated heterocycles. The van der Waals surface area contributed by atoms with Gasteiger partial charge in [0.15, 0.2) is 0 Å². The van der Waals surface area contributed by atoms with Crippen LogP contribution in [0.5, 0.6) is 0 Å². The molecule has 1 aliphatic carbocycles. The summed E-state index contributed by atoms with van der Waals surface area (Å²) in [6, 6.07) is 5.16. The van der Waals surface area contributed by atoms with Crippen LogP contribution in [0.2, 0.25) is 0 Å². The lowest BCUT2D eigenvalue weighted by atomic mass is 9.95. The Morgan fingerprint density at radius 1 is 1.25 bits per heavy atom. The fourth-order valence-electron chi connectivity index (χ4n) is 2.25. The molecule has 0 bridgehead atoms. The first-order chi connectivity index (χ1) is 5.88. The second-order valence-corrected chi connectivity index (χ2v) is 3.85. The Morgan fingerprint density at radius 3 is 2.58 bits per heavy atom. The van der Waals surface area contributed by atoms with Gasteiger partial charge in [-0.05, 0) is 31.9 Å². The molecule has 1 saturated carbocycles. The minimum Gasteiger partial charge on any atom is -0.349 e. The SMILES string of the molecule is Cc1cccn1C1CCCCC1. The molecular weight excluding hydrogens is 146 g/mol. The van der Waals surface area contributed by atoms with Gasteiger partial charge in [0.25, 0.3) is 0 Å². The summed E-state index contributed by atoms with van der Waals surface area (Å²) in [6.45, 7) is 2.20. The van der Waals surface area contributed by atoms with Crippen molar-refractivity contribution in [1.29, 1.82) is 0 Å². The maximum Gasteiger partial charge on any atom is 0.0333 e. The predicted octanol–water partition coefficient (Wildman–Crippen LogP) is 3.30. The van der Waals surface area contributed by atoms with Crippen molar-refractivity contribution in [3.63, 3.8) is 0 Å². The van der Waals surface area contributed by atoms with Crippen LogP contribution in [0, 0.1) is 6.92 Å². The molecule has 66 valence electrons. The number of hydrogen-bond acceptors (Lipinski definition) is 0. The Labute approximate surface area is 74.4 Å². The van der Waals surface area contributed by atoms with E-state index in [1.807, 2.05) is 0 Å². The molecule has 1 nitrogen and oxygen atoms in total. The maximum absolute atomic E-state index is 2.44. The predicted molar refractivity (Wildman–Crippen MR) is 51.3 cm³/mol. The fraction of sp³-hybridized carbons (Fsp3) is 0.636. The molecule has 2 rings (SSSR count). The number of aryl methyl sites for hydroxylation is 1. The van der Waals surface area contributed by atoms with Crippen molar-refractivity contribution in [2.24, 2.45) is 0 Å². The van der Waals surface area contributed by atoms with Gasteiger partial charge in [0.1, 0.15) is 0 Å². The molecule has 1 aromatic heterocycles. The van der Waals surface area contributed by atoms with E-state index < -0.39 is 0 Å². The van der Waals surface area contributed by atoms with Crippen molar-refractivity contribution in [1.82, 2.24) is 4.57 Å². The molecule has 0 unspecified atom stereocenters. The molecule has 0 aromatic carbocycles. The highest BCUT2D eigenvalue weighted by atomic mass is 15.0. The lowest BCUT2D eigenvalue weighted by Crippen LogP contribution is -2.12. The van der Waals surface area contributed by atoms with Crippen molar-refractivity contribution in [2.75, 3.05) is 0 Å². The summed E-state index contributed by atoms with van der Waals surface area (Å²) in [7, 11) is 0. The lowest BCUT2D eigenvalue weighted by molar-refractivity contribution is 0.350. The highest BCUT2D eigenvalue weighted by Crippen LogP contribution is 2.28. The zero-order valence-electron chi connectivity index (χ0n) is 7.79. The molecular formula is C11H17N. The van der Waals surface area contributed by atoms with Crippen LogP contribution in [0.1, 0.15) is 43.8 Å². The van der Waals surface area contributed by atoms with Crippen molar-refractivity contribution in [3.05, 3.63) is 24.0 Å². The van der Waals surface area contributed by atoms with Crippen molar-refractivity contribution in [2.45, 2.75) is 45.1 Å². The smallest absolute Gasteiger partial charge is 0.0333 e. The number of hydrogen-bond donors (Lipinski definition) is 0. The molecule has 12 heavy (non-hydrogen) atoms. The van der Waals surface area contributed by atoms with Crippen LogP contribution in [0.3, 0.4) is 0 Å².